The second-order valence-electron chi connectivity index (χ2n) is 5.78. The molecule has 1 saturated heterocycles. The average molecular weight is 301 g/mol. The molecule has 2 heterocycles. The summed E-state index contributed by atoms with van der Waals surface area (Å²) >= 11 is 0. The highest BCUT2D eigenvalue weighted by Gasteiger charge is 2.46. The van der Waals surface area contributed by atoms with Gasteiger partial charge in [-0.25, -0.2) is 0 Å². The Labute approximate surface area is 126 Å². The molecule has 4 rings (SSSR count). The van der Waals surface area contributed by atoms with Gasteiger partial charge < -0.3 is 15.4 Å². The van der Waals surface area contributed by atoms with Crippen LogP contribution in [0.25, 0.3) is 0 Å². The molecule has 1 aromatic carbocycles. The summed E-state index contributed by atoms with van der Waals surface area (Å²) in [5.41, 5.74) is 1.24. The number of carbonyl (C=O) groups is 3. The molecule has 2 fully saturated rings. The molecule has 1 saturated carbocycles. The van der Waals surface area contributed by atoms with Crippen LogP contribution in [0.5, 0.6) is 5.75 Å². The van der Waals surface area contributed by atoms with Gasteiger partial charge in [-0.2, -0.15) is 0 Å². The van der Waals surface area contributed by atoms with Crippen molar-refractivity contribution in [2.75, 3.05) is 17.2 Å². The quantitative estimate of drug-likeness (QED) is 0.803. The first-order valence-corrected chi connectivity index (χ1v) is 7.31. The summed E-state index contributed by atoms with van der Waals surface area (Å²) < 4.78 is 5.29. The number of ether oxygens (including phenoxy) is 1. The van der Waals surface area contributed by atoms with Gasteiger partial charge in [-0.15, -0.1) is 0 Å². The van der Waals surface area contributed by atoms with Gasteiger partial charge in [0.05, 0.1) is 12.1 Å². The lowest BCUT2D eigenvalue weighted by atomic mass is 10.2. The summed E-state index contributed by atoms with van der Waals surface area (Å²) in [6.45, 7) is 0.00569. The Bertz CT molecular complexity index is 683. The highest BCUT2D eigenvalue weighted by atomic mass is 16.5. The molecular formula is C15H15N3O4. The van der Waals surface area contributed by atoms with Crippen LogP contribution < -0.4 is 15.4 Å². The van der Waals surface area contributed by atoms with Gasteiger partial charge in [0.15, 0.2) is 6.61 Å². The van der Waals surface area contributed by atoms with Crippen molar-refractivity contribution in [2.45, 2.75) is 31.3 Å². The monoisotopic (exact) mass is 301 g/mol. The molecule has 1 aliphatic carbocycles. The molecule has 0 spiro atoms. The average Bonchev–Trinajstić information content (AvgIpc) is 3.27. The first-order chi connectivity index (χ1) is 10.6. The van der Waals surface area contributed by atoms with Gasteiger partial charge in [-0.3, -0.25) is 19.3 Å². The number of benzene rings is 1. The third-order valence-corrected chi connectivity index (χ3v) is 4.05. The van der Waals surface area contributed by atoms with Gasteiger partial charge in [0, 0.05) is 11.7 Å². The Kier molecular flexibility index (Phi) is 2.82. The molecule has 1 aromatic rings. The maximum absolute atomic E-state index is 12.3. The molecule has 0 bridgehead atoms. The fourth-order valence-electron chi connectivity index (χ4n) is 2.85. The van der Waals surface area contributed by atoms with Crippen molar-refractivity contribution in [1.29, 1.82) is 0 Å². The summed E-state index contributed by atoms with van der Waals surface area (Å²) in [6.07, 6.45) is 1.99. The molecule has 22 heavy (non-hydrogen) atoms. The Balaban J connectivity index is 1.52. The maximum Gasteiger partial charge on any atom is 0.262 e. The molecule has 114 valence electrons. The molecule has 2 aliphatic heterocycles. The van der Waals surface area contributed by atoms with Gasteiger partial charge in [0.1, 0.15) is 11.8 Å². The summed E-state index contributed by atoms with van der Waals surface area (Å²) in [7, 11) is 0. The van der Waals surface area contributed by atoms with Gasteiger partial charge in [-0.1, -0.05) is 0 Å². The van der Waals surface area contributed by atoms with Crippen molar-refractivity contribution in [1.82, 2.24) is 4.90 Å². The van der Waals surface area contributed by atoms with Crippen LogP contribution in [0.2, 0.25) is 0 Å². The summed E-state index contributed by atoms with van der Waals surface area (Å²) in [4.78, 5) is 37.0. The number of carbonyl (C=O) groups excluding carboxylic acids is 3. The van der Waals surface area contributed by atoms with Crippen molar-refractivity contribution in [3.63, 3.8) is 0 Å². The highest BCUT2D eigenvalue weighted by molar-refractivity contribution is 6.07. The van der Waals surface area contributed by atoms with Crippen molar-refractivity contribution in [3.05, 3.63) is 18.2 Å². The van der Waals surface area contributed by atoms with E-state index in [0.717, 1.165) is 12.8 Å². The van der Waals surface area contributed by atoms with E-state index in [-0.39, 0.29) is 36.8 Å². The number of fused-ring (bicyclic) bond motifs is 1. The van der Waals surface area contributed by atoms with Crippen LogP contribution in [0, 0.1) is 0 Å². The van der Waals surface area contributed by atoms with E-state index in [4.69, 9.17) is 4.74 Å². The summed E-state index contributed by atoms with van der Waals surface area (Å²) in [6, 6.07) is 4.78. The van der Waals surface area contributed by atoms with Crippen molar-refractivity contribution in [3.8, 4) is 5.75 Å². The van der Waals surface area contributed by atoms with E-state index in [1.54, 1.807) is 18.2 Å². The normalized spacial score (nSPS) is 23.9. The third kappa shape index (κ3) is 2.18. The molecule has 0 radical (unpaired) electrons. The number of amides is 3. The van der Waals surface area contributed by atoms with E-state index in [1.165, 1.54) is 4.90 Å². The van der Waals surface area contributed by atoms with Gasteiger partial charge in [0.2, 0.25) is 5.91 Å². The lowest BCUT2D eigenvalue weighted by molar-refractivity contribution is -0.139. The summed E-state index contributed by atoms with van der Waals surface area (Å²) in [5.74, 6) is 0.111. The van der Waals surface area contributed by atoms with Crippen LogP contribution in [0.15, 0.2) is 18.2 Å². The predicted octanol–water partition coefficient (Wildman–Crippen LogP) is 0.719. The zero-order valence-electron chi connectivity index (χ0n) is 11.8. The minimum absolute atomic E-state index is 0.00569. The van der Waals surface area contributed by atoms with Gasteiger partial charge in [0.25, 0.3) is 11.8 Å². The third-order valence-electron chi connectivity index (χ3n) is 4.05. The molecule has 0 unspecified atom stereocenters. The van der Waals surface area contributed by atoms with E-state index in [0.29, 0.717) is 17.1 Å². The zero-order chi connectivity index (χ0) is 15.3. The number of hydrogen-bond acceptors (Lipinski definition) is 5. The van der Waals surface area contributed by atoms with Crippen molar-refractivity contribution < 1.29 is 19.1 Å². The van der Waals surface area contributed by atoms with Gasteiger partial charge >= 0.3 is 0 Å². The molecule has 2 N–H and O–H groups in total. The first kappa shape index (κ1) is 13.1. The molecule has 7 nitrogen and oxygen atoms in total. The highest BCUT2D eigenvalue weighted by Crippen LogP contribution is 2.34. The van der Waals surface area contributed by atoms with Crippen LogP contribution in [0.4, 0.5) is 11.4 Å². The van der Waals surface area contributed by atoms with Crippen LogP contribution in [-0.2, 0) is 14.4 Å². The largest absolute Gasteiger partial charge is 0.482 e. The van der Waals surface area contributed by atoms with Crippen LogP contribution in [-0.4, -0.2) is 41.3 Å². The minimum atomic E-state index is -0.536. The lowest BCUT2D eigenvalue weighted by Gasteiger charge is -2.20. The van der Waals surface area contributed by atoms with E-state index in [2.05, 4.69) is 10.6 Å². The number of likely N-dealkylation sites (tertiary alicyclic amines) is 1. The second kappa shape index (κ2) is 4.72. The topological polar surface area (TPSA) is 87.7 Å². The maximum atomic E-state index is 12.3. The van der Waals surface area contributed by atoms with Crippen LogP contribution in [0.1, 0.15) is 19.3 Å². The number of nitrogens with zero attached hydrogens (tertiary/aromatic N) is 1. The Morgan fingerprint density at radius 1 is 1.23 bits per heavy atom. The van der Waals surface area contributed by atoms with E-state index in [9.17, 15) is 14.4 Å². The van der Waals surface area contributed by atoms with E-state index >= 15 is 0 Å². The molecule has 1 atom stereocenters. The number of nitrogens with one attached hydrogen (secondary N) is 2. The predicted molar refractivity (Wildman–Crippen MR) is 77.5 cm³/mol. The van der Waals surface area contributed by atoms with E-state index < -0.39 is 6.04 Å². The minimum Gasteiger partial charge on any atom is -0.482 e. The first-order valence-electron chi connectivity index (χ1n) is 7.31. The standard InChI is InChI=1S/C15H15N3O4/c19-13-7-22-12-4-1-8(5-10(12)17-13)16-11-6-14(20)18(15(11)21)9-2-3-9/h1,4-5,9,11,16H,2-3,6-7H2,(H,17,19)/t11-/m1/s1. The zero-order valence-corrected chi connectivity index (χ0v) is 11.8. The fourth-order valence-corrected chi connectivity index (χ4v) is 2.85. The van der Waals surface area contributed by atoms with Crippen molar-refractivity contribution in [2.24, 2.45) is 0 Å². The van der Waals surface area contributed by atoms with Gasteiger partial charge in [-0.05, 0) is 31.0 Å². The number of imide groups is 1. The Morgan fingerprint density at radius 2 is 2.05 bits per heavy atom. The molecule has 0 aromatic heterocycles. The fraction of sp³-hybridized carbons (Fsp3) is 0.400. The molecule has 7 heteroatoms. The SMILES string of the molecule is O=C1COc2ccc(N[C@@H]3CC(=O)N(C4CC4)C3=O)cc2N1. The lowest BCUT2D eigenvalue weighted by Crippen LogP contribution is -2.36. The molecule has 3 aliphatic rings. The Hall–Kier alpha value is -2.57. The van der Waals surface area contributed by atoms with Crippen LogP contribution in [0.3, 0.4) is 0 Å². The number of hydrogen-bond donors (Lipinski definition) is 2. The second-order valence-corrected chi connectivity index (χ2v) is 5.78. The molecular weight excluding hydrogens is 286 g/mol. The summed E-state index contributed by atoms with van der Waals surface area (Å²) in [5, 5.41) is 5.80. The van der Waals surface area contributed by atoms with Crippen LogP contribution >= 0.6 is 0 Å². The smallest absolute Gasteiger partial charge is 0.262 e. The Morgan fingerprint density at radius 3 is 2.82 bits per heavy atom. The molecule has 3 amide bonds. The number of rotatable bonds is 3. The van der Waals surface area contributed by atoms with E-state index in [1.807, 2.05) is 0 Å². The van der Waals surface area contributed by atoms with Crippen molar-refractivity contribution >= 4 is 29.1 Å². The number of anilines is 2.